The van der Waals surface area contributed by atoms with E-state index in [9.17, 15) is 23.7 Å². The van der Waals surface area contributed by atoms with Gasteiger partial charge in [-0.15, -0.1) is 0 Å². The van der Waals surface area contributed by atoms with Crippen molar-refractivity contribution in [2.45, 2.75) is 32.7 Å². The van der Waals surface area contributed by atoms with E-state index < -0.39 is 33.7 Å². The minimum Gasteiger partial charge on any atom is -0.339 e. The van der Waals surface area contributed by atoms with Crippen LogP contribution in [0.5, 0.6) is 0 Å². The van der Waals surface area contributed by atoms with Crippen LogP contribution in [0.15, 0.2) is 12.1 Å². The van der Waals surface area contributed by atoms with Crippen LogP contribution in [0.2, 0.25) is 0 Å². The Labute approximate surface area is 115 Å². The number of carbonyl (C=O) groups excluding carboxylic acids is 1. The lowest BCUT2D eigenvalue weighted by molar-refractivity contribution is -0.385. The maximum absolute atomic E-state index is 13.2. The average Bonchev–Trinajstić information content (AvgIpc) is 2.41. The van der Waals surface area contributed by atoms with Gasteiger partial charge in [0.2, 0.25) is 0 Å². The third-order valence-electron chi connectivity index (χ3n) is 3.28. The van der Waals surface area contributed by atoms with Crippen LogP contribution in [0.1, 0.15) is 37.0 Å². The summed E-state index contributed by atoms with van der Waals surface area (Å²) in [6.45, 7) is 3.75. The number of halogens is 2. The van der Waals surface area contributed by atoms with Gasteiger partial charge in [-0.3, -0.25) is 14.9 Å². The Hall–Kier alpha value is -2.05. The molecule has 110 valence electrons. The summed E-state index contributed by atoms with van der Waals surface area (Å²) in [5, 5.41) is 10.9. The largest absolute Gasteiger partial charge is 0.339 e. The highest BCUT2D eigenvalue weighted by Gasteiger charge is 2.28. The lowest BCUT2D eigenvalue weighted by Gasteiger charge is -2.26. The van der Waals surface area contributed by atoms with Gasteiger partial charge in [0, 0.05) is 13.1 Å². The van der Waals surface area contributed by atoms with E-state index >= 15 is 0 Å². The predicted octanol–water partition coefficient (Wildman–Crippen LogP) is 3.13. The molecule has 0 saturated carbocycles. The van der Waals surface area contributed by atoms with Gasteiger partial charge in [0.15, 0.2) is 11.6 Å². The highest BCUT2D eigenvalue weighted by molar-refractivity contribution is 5.98. The highest BCUT2D eigenvalue weighted by Crippen LogP contribution is 2.24. The Morgan fingerprint density at radius 1 is 1.30 bits per heavy atom. The fraction of sp³-hybridized carbons (Fsp3) is 0.462. The first-order chi connectivity index (χ1) is 9.33. The molecule has 0 bridgehead atoms. The first kappa shape index (κ1) is 16.0. The molecule has 0 unspecified atom stereocenters. The van der Waals surface area contributed by atoms with E-state index in [1.807, 2.05) is 13.8 Å². The second-order valence-electron chi connectivity index (χ2n) is 4.43. The predicted molar refractivity (Wildman–Crippen MR) is 69.5 cm³/mol. The van der Waals surface area contributed by atoms with Crippen LogP contribution in [0.25, 0.3) is 0 Å². The molecule has 0 radical (unpaired) electrons. The number of benzene rings is 1. The number of hydrogen-bond acceptors (Lipinski definition) is 3. The third-order valence-corrected chi connectivity index (χ3v) is 3.28. The maximum atomic E-state index is 13.2. The minimum atomic E-state index is -1.35. The Morgan fingerprint density at radius 3 is 2.25 bits per heavy atom. The lowest BCUT2D eigenvalue weighted by Crippen LogP contribution is -2.36. The normalized spacial score (nSPS) is 10.7. The molecule has 0 aliphatic carbocycles. The van der Waals surface area contributed by atoms with Gasteiger partial charge in [-0.25, -0.2) is 8.78 Å². The average molecular weight is 286 g/mol. The molecular formula is C13H16F2N2O3. The molecule has 0 aliphatic rings. The van der Waals surface area contributed by atoms with Gasteiger partial charge in [-0.2, -0.15) is 0 Å². The molecule has 20 heavy (non-hydrogen) atoms. The smallest absolute Gasteiger partial charge is 0.285 e. The van der Waals surface area contributed by atoms with E-state index in [1.165, 1.54) is 11.9 Å². The topological polar surface area (TPSA) is 63.5 Å². The third kappa shape index (κ3) is 3.09. The van der Waals surface area contributed by atoms with Crippen molar-refractivity contribution in [2.75, 3.05) is 7.05 Å². The molecule has 0 saturated heterocycles. The second-order valence-corrected chi connectivity index (χ2v) is 4.43. The fourth-order valence-corrected chi connectivity index (χ4v) is 2.05. The zero-order valence-corrected chi connectivity index (χ0v) is 11.5. The molecule has 0 aliphatic heterocycles. The molecule has 1 aromatic carbocycles. The molecule has 0 heterocycles. The van der Waals surface area contributed by atoms with Gasteiger partial charge in [-0.1, -0.05) is 13.8 Å². The van der Waals surface area contributed by atoms with Gasteiger partial charge < -0.3 is 4.90 Å². The van der Waals surface area contributed by atoms with Crippen molar-refractivity contribution < 1.29 is 18.5 Å². The van der Waals surface area contributed by atoms with Gasteiger partial charge >= 0.3 is 0 Å². The van der Waals surface area contributed by atoms with Crippen molar-refractivity contribution in [3.8, 4) is 0 Å². The monoisotopic (exact) mass is 286 g/mol. The summed E-state index contributed by atoms with van der Waals surface area (Å²) in [5.74, 6) is -3.32. The summed E-state index contributed by atoms with van der Waals surface area (Å²) >= 11 is 0. The van der Waals surface area contributed by atoms with Crippen LogP contribution in [-0.2, 0) is 0 Å². The van der Waals surface area contributed by atoms with E-state index in [0.29, 0.717) is 25.0 Å². The van der Waals surface area contributed by atoms with Crippen molar-refractivity contribution in [1.29, 1.82) is 0 Å². The number of nitro benzene ring substituents is 1. The van der Waals surface area contributed by atoms with E-state index in [2.05, 4.69) is 0 Å². The summed E-state index contributed by atoms with van der Waals surface area (Å²) < 4.78 is 26.3. The first-order valence-electron chi connectivity index (χ1n) is 6.24. The van der Waals surface area contributed by atoms with Gasteiger partial charge in [0.25, 0.3) is 11.6 Å². The lowest BCUT2D eigenvalue weighted by atomic mass is 10.1. The molecule has 0 N–H and O–H groups in total. The van der Waals surface area contributed by atoms with Crippen molar-refractivity contribution in [3.05, 3.63) is 39.4 Å². The minimum absolute atomic E-state index is 0.116. The van der Waals surface area contributed by atoms with E-state index in [4.69, 9.17) is 0 Å². The molecule has 1 amide bonds. The van der Waals surface area contributed by atoms with Crippen LogP contribution < -0.4 is 0 Å². The van der Waals surface area contributed by atoms with Crippen LogP contribution in [0, 0.1) is 21.7 Å². The zero-order valence-electron chi connectivity index (χ0n) is 11.5. The SMILES string of the molecule is CCC(CC)N(C)C(=O)c1cc(F)c(F)cc1[N+](=O)[O-]. The molecule has 1 rings (SSSR count). The van der Waals surface area contributed by atoms with Crippen molar-refractivity contribution in [2.24, 2.45) is 0 Å². The number of carbonyl (C=O) groups is 1. The molecular weight excluding hydrogens is 270 g/mol. The summed E-state index contributed by atoms with van der Waals surface area (Å²) in [6, 6.07) is 0.896. The van der Waals surface area contributed by atoms with Crippen LogP contribution in [0.4, 0.5) is 14.5 Å². The van der Waals surface area contributed by atoms with Crippen LogP contribution in [0.3, 0.4) is 0 Å². The second kappa shape index (κ2) is 6.40. The molecule has 0 aromatic heterocycles. The zero-order chi connectivity index (χ0) is 15.4. The standard InChI is InChI=1S/C13H16F2N2O3/c1-4-8(5-2)16(3)13(18)9-6-10(14)11(15)7-12(9)17(19)20/h6-8H,4-5H2,1-3H3. The Balaban J connectivity index is 3.27. The van der Waals surface area contributed by atoms with E-state index in [0.717, 1.165) is 0 Å². The first-order valence-corrected chi connectivity index (χ1v) is 6.24. The van der Waals surface area contributed by atoms with Gasteiger partial charge in [0.1, 0.15) is 5.56 Å². The Morgan fingerprint density at radius 2 is 1.80 bits per heavy atom. The highest BCUT2D eigenvalue weighted by atomic mass is 19.2. The number of rotatable bonds is 5. The van der Waals surface area contributed by atoms with Gasteiger partial charge in [-0.05, 0) is 18.9 Å². The number of nitrogens with zero attached hydrogens (tertiary/aromatic N) is 2. The molecule has 0 spiro atoms. The van der Waals surface area contributed by atoms with Crippen molar-refractivity contribution in [3.63, 3.8) is 0 Å². The fourth-order valence-electron chi connectivity index (χ4n) is 2.05. The molecule has 1 aromatic rings. The van der Waals surface area contributed by atoms with E-state index in [1.54, 1.807) is 0 Å². The van der Waals surface area contributed by atoms with Gasteiger partial charge in [0.05, 0.1) is 11.0 Å². The molecule has 7 heteroatoms. The summed E-state index contributed by atoms with van der Waals surface area (Å²) in [5.41, 5.74) is -1.17. The molecule has 0 fully saturated rings. The summed E-state index contributed by atoms with van der Waals surface area (Å²) in [4.78, 5) is 23.5. The molecule has 5 nitrogen and oxygen atoms in total. The number of amides is 1. The van der Waals surface area contributed by atoms with E-state index in [-0.39, 0.29) is 6.04 Å². The maximum Gasteiger partial charge on any atom is 0.285 e. The van der Waals surface area contributed by atoms with Crippen molar-refractivity contribution in [1.82, 2.24) is 4.90 Å². The summed E-state index contributed by atoms with van der Waals surface area (Å²) in [7, 11) is 1.49. The quantitative estimate of drug-likeness (QED) is 0.617. The Kier molecular flexibility index (Phi) is 5.12. The van der Waals surface area contributed by atoms with Crippen molar-refractivity contribution >= 4 is 11.6 Å². The molecule has 0 atom stereocenters. The van der Waals surface area contributed by atoms with Crippen LogP contribution >= 0.6 is 0 Å². The number of hydrogen-bond donors (Lipinski definition) is 0. The summed E-state index contributed by atoms with van der Waals surface area (Å²) in [6.07, 6.45) is 1.33. The number of nitro groups is 1. The van der Waals surface area contributed by atoms with Crippen LogP contribution in [-0.4, -0.2) is 28.8 Å². The Bertz CT molecular complexity index is 531.